The molecule has 1 amide bonds. The van der Waals surface area contributed by atoms with Crippen molar-refractivity contribution in [3.05, 3.63) is 70.2 Å². The molecule has 2 aromatic heterocycles. The number of benzene rings is 1. The first-order chi connectivity index (χ1) is 17.4. The summed E-state index contributed by atoms with van der Waals surface area (Å²) < 4.78 is 1.97. The number of rotatable bonds is 9. The molecule has 1 aromatic carbocycles. The molecule has 0 radical (unpaired) electrons. The van der Waals surface area contributed by atoms with Crippen molar-refractivity contribution in [1.29, 1.82) is 0 Å². The van der Waals surface area contributed by atoms with E-state index in [-0.39, 0.29) is 12.5 Å². The third-order valence-electron chi connectivity index (χ3n) is 6.96. The van der Waals surface area contributed by atoms with Crippen LogP contribution in [0.3, 0.4) is 0 Å². The van der Waals surface area contributed by atoms with E-state index in [1.165, 1.54) is 16.7 Å². The van der Waals surface area contributed by atoms with Gasteiger partial charge in [0.15, 0.2) is 5.65 Å². The van der Waals surface area contributed by atoms with Crippen LogP contribution in [-0.2, 0) is 17.6 Å². The van der Waals surface area contributed by atoms with Crippen molar-refractivity contribution >= 4 is 17.6 Å². The molecule has 1 unspecified atom stereocenters. The predicted molar refractivity (Wildman–Crippen MR) is 143 cm³/mol. The number of nitrogens with zero attached hydrogens (tertiary/aromatic N) is 5. The van der Waals surface area contributed by atoms with Crippen LogP contribution in [0, 0.1) is 13.8 Å². The molecule has 0 aliphatic carbocycles. The Balaban J connectivity index is 1.33. The maximum atomic E-state index is 12.4. The van der Waals surface area contributed by atoms with Crippen LogP contribution >= 0.6 is 0 Å². The Morgan fingerprint density at radius 3 is 2.53 bits per heavy atom. The van der Waals surface area contributed by atoms with Gasteiger partial charge in [-0.1, -0.05) is 43.3 Å². The first kappa shape index (κ1) is 26.0. The van der Waals surface area contributed by atoms with E-state index in [9.17, 15) is 9.90 Å². The Bertz CT molecular complexity index is 1200. The van der Waals surface area contributed by atoms with Crippen LogP contribution in [0.15, 0.2) is 36.4 Å². The number of hydrogen-bond donors (Lipinski definition) is 2. The van der Waals surface area contributed by atoms with E-state index < -0.39 is 6.04 Å². The molecule has 2 N–H and O–H groups in total. The number of hydrogen-bond acceptors (Lipinski definition) is 6. The van der Waals surface area contributed by atoms with Crippen molar-refractivity contribution in [2.24, 2.45) is 0 Å². The number of likely N-dealkylation sites (N-methyl/N-ethyl adjacent to an activating group) is 1. The van der Waals surface area contributed by atoms with Gasteiger partial charge in [-0.2, -0.15) is 5.10 Å². The molecule has 1 aliphatic rings. The van der Waals surface area contributed by atoms with Gasteiger partial charge in [-0.25, -0.2) is 9.50 Å². The Morgan fingerprint density at radius 1 is 1.17 bits per heavy atom. The fourth-order valence-corrected chi connectivity index (χ4v) is 4.83. The van der Waals surface area contributed by atoms with Crippen LogP contribution in [0.4, 0.5) is 0 Å². The van der Waals surface area contributed by atoms with Crippen molar-refractivity contribution in [3.63, 3.8) is 0 Å². The van der Waals surface area contributed by atoms with Gasteiger partial charge in [-0.05, 0) is 44.5 Å². The lowest BCUT2D eigenvalue weighted by Gasteiger charge is -2.35. The molecule has 0 spiro atoms. The second-order valence-electron chi connectivity index (χ2n) is 9.52. The summed E-state index contributed by atoms with van der Waals surface area (Å²) >= 11 is 0. The molecule has 1 fully saturated rings. The molecule has 8 heteroatoms. The normalized spacial score (nSPS) is 15.8. The lowest BCUT2D eigenvalue weighted by atomic mass is 10.0. The molecule has 1 saturated heterocycles. The summed E-state index contributed by atoms with van der Waals surface area (Å²) in [6, 6.07) is 10.3. The smallest absolute Gasteiger partial charge is 0.242 e. The number of aryl methyl sites for hydroxylation is 3. The fourth-order valence-electron chi connectivity index (χ4n) is 4.83. The van der Waals surface area contributed by atoms with Gasteiger partial charge in [0.25, 0.3) is 0 Å². The van der Waals surface area contributed by atoms with Gasteiger partial charge >= 0.3 is 0 Å². The Kier molecular flexibility index (Phi) is 8.51. The van der Waals surface area contributed by atoms with E-state index in [4.69, 9.17) is 10.1 Å². The second-order valence-corrected chi connectivity index (χ2v) is 9.52. The number of fused-ring (bicyclic) bond motifs is 1. The zero-order chi connectivity index (χ0) is 25.7. The first-order valence-corrected chi connectivity index (χ1v) is 12.8. The van der Waals surface area contributed by atoms with Gasteiger partial charge in [0.2, 0.25) is 5.91 Å². The zero-order valence-corrected chi connectivity index (χ0v) is 21.9. The number of carbonyl (C=O) groups excluding carboxylic acids is 1. The fraction of sp³-hybridized carbons (Fsp3) is 0.464. The van der Waals surface area contributed by atoms with Crippen LogP contribution in [0.5, 0.6) is 0 Å². The standard InChI is InChI=1S/C28H38N6O2/c1-5-25-24(27-30-20(2)17-21(3)34(27)31-25)18-23-10-8-22(9-11-23)7-6-12-32-13-15-33(16-14-32)28(36)26(19-35)29-4/h6-11,17,26,29,35H,5,12-16,18-19H2,1-4H3/b7-6+. The first-order valence-electron chi connectivity index (χ1n) is 12.8. The number of nitrogens with one attached hydrogen (secondary N) is 1. The molecular weight excluding hydrogens is 452 g/mol. The molecule has 36 heavy (non-hydrogen) atoms. The number of piperazine rings is 1. The molecule has 3 heterocycles. The minimum Gasteiger partial charge on any atom is -0.394 e. The minimum atomic E-state index is -0.509. The van der Waals surface area contributed by atoms with Crippen molar-refractivity contribution in [2.45, 2.75) is 39.7 Å². The van der Waals surface area contributed by atoms with Crippen LogP contribution in [0.1, 0.15) is 40.7 Å². The van der Waals surface area contributed by atoms with Crippen LogP contribution in [0.2, 0.25) is 0 Å². The Morgan fingerprint density at radius 2 is 1.89 bits per heavy atom. The maximum absolute atomic E-state index is 12.4. The second kappa shape index (κ2) is 11.8. The van der Waals surface area contributed by atoms with Crippen LogP contribution < -0.4 is 5.32 Å². The van der Waals surface area contributed by atoms with Gasteiger partial charge in [-0.15, -0.1) is 0 Å². The summed E-state index contributed by atoms with van der Waals surface area (Å²) in [4.78, 5) is 21.3. The third-order valence-corrected chi connectivity index (χ3v) is 6.96. The van der Waals surface area contributed by atoms with Crippen molar-refractivity contribution in [2.75, 3.05) is 46.4 Å². The number of aliphatic hydroxyl groups excluding tert-OH is 1. The topological polar surface area (TPSA) is 86.0 Å². The maximum Gasteiger partial charge on any atom is 0.242 e. The van der Waals surface area contributed by atoms with E-state index in [0.717, 1.165) is 55.2 Å². The van der Waals surface area contributed by atoms with E-state index in [1.54, 1.807) is 7.05 Å². The SMILES string of the molecule is CCc1nn2c(C)cc(C)nc2c1Cc1ccc(/C=C/CN2CCN(C(=O)C(CO)NC)CC2)cc1. The Hall–Kier alpha value is -3.07. The molecule has 3 aromatic rings. The average molecular weight is 491 g/mol. The summed E-state index contributed by atoms with van der Waals surface area (Å²) in [6.07, 6.45) is 6.05. The van der Waals surface area contributed by atoms with Crippen molar-refractivity contribution in [1.82, 2.24) is 29.7 Å². The highest BCUT2D eigenvalue weighted by atomic mass is 16.3. The number of amides is 1. The number of aromatic nitrogens is 3. The largest absolute Gasteiger partial charge is 0.394 e. The summed E-state index contributed by atoms with van der Waals surface area (Å²) in [7, 11) is 1.70. The quantitative estimate of drug-likeness (QED) is 0.479. The van der Waals surface area contributed by atoms with Gasteiger partial charge in [0.1, 0.15) is 6.04 Å². The summed E-state index contributed by atoms with van der Waals surface area (Å²) in [6.45, 7) is 9.99. The third kappa shape index (κ3) is 5.83. The van der Waals surface area contributed by atoms with Crippen LogP contribution in [-0.4, -0.2) is 87.8 Å². The lowest BCUT2D eigenvalue weighted by molar-refractivity contribution is -0.136. The Labute approximate surface area is 213 Å². The van der Waals surface area contributed by atoms with Gasteiger partial charge in [0.05, 0.1) is 12.3 Å². The highest BCUT2D eigenvalue weighted by Gasteiger charge is 2.25. The summed E-state index contributed by atoms with van der Waals surface area (Å²) in [5, 5.41) is 17.0. The molecule has 4 rings (SSSR count). The van der Waals surface area contributed by atoms with Gasteiger partial charge in [0, 0.05) is 56.1 Å². The molecule has 0 saturated carbocycles. The monoisotopic (exact) mass is 490 g/mol. The zero-order valence-electron chi connectivity index (χ0n) is 21.9. The lowest BCUT2D eigenvalue weighted by Crippen LogP contribution is -2.54. The molecule has 8 nitrogen and oxygen atoms in total. The van der Waals surface area contributed by atoms with Crippen LogP contribution in [0.25, 0.3) is 11.7 Å². The number of carbonyl (C=O) groups is 1. The van der Waals surface area contributed by atoms with E-state index in [0.29, 0.717) is 13.1 Å². The van der Waals surface area contributed by atoms with Gasteiger partial charge in [-0.3, -0.25) is 9.69 Å². The van der Waals surface area contributed by atoms with E-state index in [2.05, 4.69) is 66.5 Å². The molecule has 1 atom stereocenters. The summed E-state index contributed by atoms with van der Waals surface area (Å²) in [5.74, 6) is -0.0217. The molecular formula is C28H38N6O2. The summed E-state index contributed by atoms with van der Waals surface area (Å²) in [5.41, 5.74) is 7.84. The average Bonchev–Trinajstić information content (AvgIpc) is 3.23. The van der Waals surface area contributed by atoms with Gasteiger partial charge < -0.3 is 15.3 Å². The van der Waals surface area contributed by atoms with E-state index >= 15 is 0 Å². The highest BCUT2D eigenvalue weighted by molar-refractivity contribution is 5.82. The molecule has 1 aliphatic heterocycles. The van der Waals surface area contributed by atoms with E-state index in [1.807, 2.05) is 16.3 Å². The molecule has 192 valence electrons. The van der Waals surface area contributed by atoms with Crippen molar-refractivity contribution in [3.8, 4) is 0 Å². The number of aliphatic hydroxyl groups is 1. The highest BCUT2D eigenvalue weighted by Crippen LogP contribution is 2.21. The minimum absolute atomic E-state index is 0.0217. The molecule has 0 bridgehead atoms. The predicted octanol–water partition coefficient (Wildman–Crippen LogP) is 2.24. The van der Waals surface area contributed by atoms with Crippen molar-refractivity contribution < 1.29 is 9.90 Å².